The Bertz CT molecular complexity index is 502. The highest BCUT2D eigenvalue weighted by molar-refractivity contribution is 9.10. The fourth-order valence-electron chi connectivity index (χ4n) is 2.75. The van der Waals surface area contributed by atoms with Crippen LogP contribution in [-0.2, 0) is 28.0 Å². The number of hydrogen-bond acceptors (Lipinski definition) is 4. The summed E-state index contributed by atoms with van der Waals surface area (Å²) in [4.78, 5) is 4.74. The third-order valence-corrected chi connectivity index (χ3v) is 5.35. The molecule has 2 rings (SSSR count). The average Bonchev–Trinajstić information content (AvgIpc) is 2.49. The molecule has 0 bridgehead atoms. The van der Waals surface area contributed by atoms with Crippen LogP contribution >= 0.6 is 15.9 Å². The molecule has 1 atom stereocenters. The molecule has 0 unspecified atom stereocenters. The van der Waals surface area contributed by atoms with Gasteiger partial charge in [0.15, 0.2) is 0 Å². The van der Waals surface area contributed by atoms with Gasteiger partial charge in [-0.05, 0) is 61.5 Å². The molecule has 1 aliphatic rings. The van der Waals surface area contributed by atoms with E-state index in [-0.39, 0.29) is 10.8 Å². The topological polar surface area (TPSA) is 43.4 Å². The van der Waals surface area contributed by atoms with Crippen molar-refractivity contribution in [3.63, 3.8) is 0 Å². The minimum Gasteiger partial charge on any atom is -0.381 e. The summed E-state index contributed by atoms with van der Waals surface area (Å²) in [5, 5.41) is 0. The first-order valence-corrected chi connectivity index (χ1v) is 9.78. The van der Waals surface area contributed by atoms with Gasteiger partial charge >= 0.3 is 0 Å². The molecule has 0 aliphatic carbocycles. The summed E-state index contributed by atoms with van der Waals surface area (Å²) >= 11 is 4.75. The number of nitrogens with one attached hydrogen (secondary N) is 1. The lowest BCUT2D eigenvalue weighted by Gasteiger charge is -2.30. The van der Waals surface area contributed by atoms with Crippen LogP contribution in [0.25, 0.3) is 0 Å². The van der Waals surface area contributed by atoms with Crippen LogP contribution in [0.5, 0.6) is 0 Å². The Morgan fingerprint density at radius 2 is 2.13 bits per heavy atom. The molecule has 1 aliphatic heterocycles. The zero-order chi connectivity index (χ0) is 16.9. The lowest BCUT2D eigenvalue weighted by atomic mass is 9.88. The molecule has 1 N–H and O–H groups in total. The number of pyridine rings is 1. The molecule has 1 fully saturated rings. The second-order valence-corrected chi connectivity index (χ2v) is 9.71. The number of methoxy groups -OCH3 is 1. The summed E-state index contributed by atoms with van der Waals surface area (Å²) in [6, 6.07) is 2.35. The molecule has 0 amide bonds. The Labute approximate surface area is 152 Å². The first kappa shape index (κ1) is 19.2. The van der Waals surface area contributed by atoms with Crippen molar-refractivity contribution in [2.45, 2.75) is 51.0 Å². The average molecular weight is 404 g/mol. The summed E-state index contributed by atoms with van der Waals surface area (Å²) in [5.74, 6) is 0.544. The number of hydrogen-bond donors (Lipinski definition) is 1. The SMILES string of the molecule is COCc1cc(Br)cnc1[C@@H](N[SH+]C(C)(C)C)C1CCOCC1. The van der Waals surface area contributed by atoms with Gasteiger partial charge in [0, 0.05) is 36.6 Å². The molecule has 1 aromatic rings. The van der Waals surface area contributed by atoms with Gasteiger partial charge in [-0.25, -0.2) is 0 Å². The highest BCUT2D eigenvalue weighted by Crippen LogP contribution is 2.32. The minimum absolute atomic E-state index is 0.209. The van der Waals surface area contributed by atoms with E-state index in [1.807, 2.05) is 6.20 Å². The molecular formula is C17H28BrN2O2S+. The number of thiol groups is 1. The zero-order valence-corrected chi connectivity index (χ0v) is 16.9. The van der Waals surface area contributed by atoms with E-state index in [9.17, 15) is 0 Å². The van der Waals surface area contributed by atoms with E-state index in [4.69, 9.17) is 14.5 Å². The maximum Gasteiger partial charge on any atom is 0.136 e. The van der Waals surface area contributed by atoms with Crippen LogP contribution in [0.15, 0.2) is 16.7 Å². The quantitative estimate of drug-likeness (QED) is 0.582. The van der Waals surface area contributed by atoms with E-state index in [0.29, 0.717) is 12.5 Å². The molecule has 130 valence electrons. The molecule has 23 heavy (non-hydrogen) atoms. The van der Waals surface area contributed by atoms with Gasteiger partial charge in [0.2, 0.25) is 0 Å². The third kappa shape index (κ3) is 6.02. The maximum absolute atomic E-state index is 5.55. The van der Waals surface area contributed by atoms with Gasteiger partial charge in [-0.3, -0.25) is 4.98 Å². The van der Waals surface area contributed by atoms with E-state index < -0.39 is 0 Å². The zero-order valence-electron chi connectivity index (χ0n) is 14.4. The largest absolute Gasteiger partial charge is 0.381 e. The van der Waals surface area contributed by atoms with Crippen molar-refractivity contribution in [3.8, 4) is 0 Å². The van der Waals surface area contributed by atoms with Crippen LogP contribution in [0.1, 0.15) is 50.9 Å². The molecule has 0 aromatic carbocycles. The van der Waals surface area contributed by atoms with E-state index in [1.165, 1.54) is 11.9 Å². The molecule has 2 heterocycles. The fraction of sp³-hybridized carbons (Fsp3) is 0.706. The van der Waals surface area contributed by atoms with Gasteiger partial charge in [0.05, 0.1) is 30.3 Å². The highest BCUT2D eigenvalue weighted by Gasteiger charge is 2.33. The Morgan fingerprint density at radius 3 is 2.74 bits per heavy atom. The molecule has 1 aromatic heterocycles. The Morgan fingerprint density at radius 1 is 1.43 bits per heavy atom. The van der Waals surface area contributed by atoms with Crippen molar-refractivity contribution in [2.75, 3.05) is 20.3 Å². The summed E-state index contributed by atoms with van der Waals surface area (Å²) < 4.78 is 15.9. The van der Waals surface area contributed by atoms with Gasteiger partial charge < -0.3 is 9.47 Å². The molecule has 4 nitrogen and oxygen atoms in total. The van der Waals surface area contributed by atoms with E-state index in [1.54, 1.807) is 7.11 Å². The summed E-state index contributed by atoms with van der Waals surface area (Å²) in [7, 11) is 1.73. The van der Waals surface area contributed by atoms with Crippen molar-refractivity contribution in [2.24, 2.45) is 5.92 Å². The van der Waals surface area contributed by atoms with Crippen molar-refractivity contribution in [1.82, 2.24) is 9.71 Å². The molecule has 0 spiro atoms. The van der Waals surface area contributed by atoms with Crippen molar-refractivity contribution >= 4 is 27.9 Å². The number of ether oxygens (including phenoxy) is 2. The Kier molecular flexibility index (Phi) is 7.35. The maximum atomic E-state index is 5.55. The molecule has 6 heteroatoms. The third-order valence-electron chi connectivity index (χ3n) is 3.84. The van der Waals surface area contributed by atoms with Gasteiger partial charge in [0.1, 0.15) is 4.75 Å². The standard InChI is InChI=1S/C17H27BrN2O2S/c1-17(2,3)23-20-16(12-5-7-22-8-6-12)15-13(11-21-4)9-14(18)10-19-15/h9-10,12,16,20H,5-8,11H2,1-4H3/p+1/t16-/m0/s1. The number of rotatable bonds is 6. The first-order chi connectivity index (χ1) is 10.9. The predicted octanol–water partition coefficient (Wildman–Crippen LogP) is 3.58. The lowest BCUT2D eigenvalue weighted by molar-refractivity contribution is 0.0558. The normalized spacial score (nSPS) is 18.1. The Balaban J connectivity index is 2.27. The van der Waals surface area contributed by atoms with Gasteiger partial charge in [-0.2, -0.15) is 0 Å². The minimum atomic E-state index is 0.209. The molecular weight excluding hydrogens is 376 g/mol. The molecule has 0 saturated carbocycles. The van der Waals surface area contributed by atoms with Crippen LogP contribution in [0, 0.1) is 5.92 Å². The fourth-order valence-corrected chi connectivity index (χ4v) is 3.98. The van der Waals surface area contributed by atoms with Crippen LogP contribution in [0.3, 0.4) is 0 Å². The van der Waals surface area contributed by atoms with Crippen LogP contribution < -0.4 is 4.72 Å². The van der Waals surface area contributed by atoms with E-state index in [2.05, 4.69) is 47.5 Å². The van der Waals surface area contributed by atoms with Crippen LogP contribution in [0.4, 0.5) is 0 Å². The van der Waals surface area contributed by atoms with Crippen LogP contribution in [0.2, 0.25) is 0 Å². The first-order valence-electron chi connectivity index (χ1n) is 8.09. The van der Waals surface area contributed by atoms with Crippen molar-refractivity contribution in [3.05, 3.63) is 28.0 Å². The number of halogens is 1. The lowest BCUT2D eigenvalue weighted by Crippen LogP contribution is -2.37. The summed E-state index contributed by atoms with van der Waals surface area (Å²) in [6.07, 6.45) is 4.03. The smallest absolute Gasteiger partial charge is 0.136 e. The van der Waals surface area contributed by atoms with Gasteiger partial charge in [0.25, 0.3) is 0 Å². The predicted molar refractivity (Wildman–Crippen MR) is 101 cm³/mol. The number of nitrogens with zero attached hydrogens (tertiary/aromatic N) is 1. The van der Waals surface area contributed by atoms with Crippen molar-refractivity contribution in [1.29, 1.82) is 0 Å². The highest BCUT2D eigenvalue weighted by atomic mass is 79.9. The van der Waals surface area contributed by atoms with Crippen LogP contribution in [-0.4, -0.2) is 30.1 Å². The number of aromatic nitrogens is 1. The second-order valence-electron chi connectivity index (χ2n) is 6.97. The van der Waals surface area contributed by atoms with E-state index in [0.717, 1.165) is 41.8 Å². The van der Waals surface area contributed by atoms with E-state index >= 15 is 0 Å². The Hall–Kier alpha value is -0.140. The summed E-state index contributed by atoms with van der Waals surface area (Å²) in [6.45, 7) is 8.99. The molecule has 0 radical (unpaired) electrons. The van der Waals surface area contributed by atoms with Crippen molar-refractivity contribution < 1.29 is 9.47 Å². The second kappa shape index (κ2) is 8.81. The monoisotopic (exact) mass is 403 g/mol. The van der Waals surface area contributed by atoms with Gasteiger partial charge in [-0.1, -0.05) is 0 Å². The molecule has 1 saturated heterocycles. The summed E-state index contributed by atoms with van der Waals surface area (Å²) in [5.41, 5.74) is 2.26. The van der Waals surface area contributed by atoms with Gasteiger partial charge in [-0.15, -0.1) is 4.72 Å².